The molecule has 1 radical (unpaired) electrons. The topological polar surface area (TPSA) is 0 Å². The lowest BCUT2D eigenvalue weighted by Gasteiger charge is -2.40. The van der Waals surface area contributed by atoms with E-state index in [-0.39, 0.29) is 0 Å². The van der Waals surface area contributed by atoms with Crippen LogP contribution in [0.25, 0.3) is 6.08 Å². The maximum absolute atomic E-state index is 2.70. The summed E-state index contributed by atoms with van der Waals surface area (Å²) in [5, 5.41) is 4.60. The molecule has 0 fully saturated rings. The molecule has 1 heteroatoms. The third kappa shape index (κ3) is 5.05. The van der Waals surface area contributed by atoms with Gasteiger partial charge < -0.3 is 0 Å². The Labute approximate surface area is 244 Å². The van der Waals surface area contributed by atoms with Crippen molar-refractivity contribution in [1.82, 2.24) is 0 Å². The van der Waals surface area contributed by atoms with Gasteiger partial charge in [0.1, 0.15) is 0 Å². The van der Waals surface area contributed by atoms with E-state index in [1.54, 1.807) is 0 Å². The van der Waals surface area contributed by atoms with Crippen molar-refractivity contribution in [3.63, 3.8) is 0 Å². The molecule has 0 atom stereocenters. The molecule has 0 nitrogen and oxygen atoms in total. The molecule has 40 heavy (non-hydrogen) atoms. The van der Waals surface area contributed by atoms with Gasteiger partial charge in [0.15, 0.2) is 8.07 Å². The van der Waals surface area contributed by atoms with Crippen LogP contribution in [0.4, 0.5) is 0 Å². The van der Waals surface area contributed by atoms with Crippen LogP contribution in [0.15, 0.2) is 84.9 Å². The highest BCUT2D eigenvalue weighted by atomic mass is 28.3. The molecule has 0 aliphatic heterocycles. The number of hydrogen-bond acceptors (Lipinski definition) is 0. The molecule has 0 unspecified atom stereocenters. The number of allylic oxidation sites excluding steroid dienone is 1. The van der Waals surface area contributed by atoms with Gasteiger partial charge in [0.2, 0.25) is 0 Å². The first-order valence-electron chi connectivity index (χ1n) is 15.5. The third-order valence-electron chi connectivity index (χ3n) is 8.99. The van der Waals surface area contributed by atoms with E-state index in [4.69, 9.17) is 0 Å². The monoisotopic (exact) mass is 541 g/mol. The van der Waals surface area contributed by atoms with Crippen LogP contribution in [-0.4, -0.2) is 8.07 Å². The number of hydrogen-bond donors (Lipinski definition) is 0. The van der Waals surface area contributed by atoms with Crippen molar-refractivity contribution in [1.29, 1.82) is 0 Å². The van der Waals surface area contributed by atoms with Crippen molar-refractivity contribution in [2.24, 2.45) is 0 Å². The summed E-state index contributed by atoms with van der Waals surface area (Å²) in [5.74, 6) is 0. The molecule has 0 N–H and O–H groups in total. The number of fused-ring (bicyclic) bond motifs is 1. The largest absolute Gasteiger partial charge is 0.163 e. The quantitative estimate of drug-likeness (QED) is 0.142. The first-order chi connectivity index (χ1) is 19.5. The van der Waals surface area contributed by atoms with Gasteiger partial charge in [-0.15, -0.1) is 0 Å². The van der Waals surface area contributed by atoms with E-state index in [0.717, 1.165) is 38.5 Å². The van der Waals surface area contributed by atoms with E-state index in [2.05, 4.69) is 133 Å². The normalized spacial score (nSPS) is 13.2. The van der Waals surface area contributed by atoms with Gasteiger partial charge in [0.05, 0.1) is 0 Å². The Balaban J connectivity index is 2.00. The predicted octanol–water partition coefficient (Wildman–Crippen LogP) is 7.72. The fourth-order valence-corrected chi connectivity index (χ4v) is 11.9. The average molecular weight is 542 g/mol. The van der Waals surface area contributed by atoms with Crippen LogP contribution in [0.5, 0.6) is 0 Å². The van der Waals surface area contributed by atoms with Gasteiger partial charge in [-0.2, -0.15) is 0 Å². The molecule has 0 bridgehead atoms. The second kappa shape index (κ2) is 12.1. The lowest BCUT2D eigenvalue weighted by molar-refractivity contribution is 1.09. The molecule has 4 aromatic carbocycles. The van der Waals surface area contributed by atoms with Crippen LogP contribution in [0.2, 0.25) is 0 Å². The summed E-state index contributed by atoms with van der Waals surface area (Å²) in [7, 11) is -2.70. The van der Waals surface area contributed by atoms with E-state index < -0.39 is 8.07 Å². The minimum absolute atomic E-state index is 1.05. The second-order valence-corrected chi connectivity index (χ2v) is 15.1. The van der Waals surface area contributed by atoms with Gasteiger partial charge >= 0.3 is 0 Å². The zero-order chi connectivity index (χ0) is 28.3. The highest BCUT2D eigenvalue weighted by molar-refractivity contribution is 7.16. The molecule has 0 aromatic heterocycles. The summed E-state index contributed by atoms with van der Waals surface area (Å²) in [6, 6.07) is 31.8. The van der Waals surface area contributed by atoms with Gasteiger partial charge in [-0.3, -0.25) is 0 Å². The van der Waals surface area contributed by atoms with Crippen molar-refractivity contribution in [3.8, 4) is 0 Å². The van der Waals surface area contributed by atoms with Crippen molar-refractivity contribution in [2.45, 2.75) is 80.1 Å². The number of aryl methyl sites for hydroxylation is 6. The lowest BCUT2D eigenvalue weighted by Crippen LogP contribution is -2.71. The Hall–Kier alpha value is -3.16. The van der Waals surface area contributed by atoms with E-state index in [1.165, 1.54) is 65.6 Å². The molecule has 5 rings (SSSR count). The molecular formula is C39H45Si. The molecule has 0 heterocycles. The Morgan fingerprint density at radius 3 is 1.12 bits per heavy atom. The average Bonchev–Trinajstić information content (AvgIpc) is 3.45. The Morgan fingerprint density at radius 1 is 0.425 bits per heavy atom. The van der Waals surface area contributed by atoms with Crippen LogP contribution < -0.4 is 15.6 Å². The molecule has 0 amide bonds. The number of benzene rings is 4. The predicted molar refractivity (Wildman–Crippen MR) is 178 cm³/mol. The zero-order valence-electron chi connectivity index (χ0n) is 25.4. The molecule has 205 valence electrons. The fourth-order valence-electron chi connectivity index (χ4n) is 6.61. The minimum Gasteiger partial charge on any atom is -0.0741 e. The van der Waals surface area contributed by atoms with E-state index in [1.807, 2.05) is 0 Å². The fraction of sp³-hybridized carbons (Fsp3) is 0.308. The van der Waals surface area contributed by atoms with Gasteiger partial charge in [-0.25, -0.2) is 0 Å². The Morgan fingerprint density at radius 2 is 0.775 bits per heavy atom. The summed E-state index contributed by atoms with van der Waals surface area (Å²) >= 11 is 0. The molecule has 1 aliphatic carbocycles. The maximum Gasteiger partial charge on any atom is 0.163 e. The highest BCUT2D eigenvalue weighted by Gasteiger charge is 2.49. The summed E-state index contributed by atoms with van der Waals surface area (Å²) in [4.78, 5) is 0. The lowest BCUT2D eigenvalue weighted by atomic mass is 10.1. The second-order valence-electron chi connectivity index (χ2n) is 11.3. The van der Waals surface area contributed by atoms with Crippen LogP contribution in [-0.2, 0) is 38.5 Å². The van der Waals surface area contributed by atoms with Crippen LogP contribution >= 0.6 is 0 Å². The van der Waals surface area contributed by atoms with Crippen molar-refractivity contribution in [2.75, 3.05) is 0 Å². The van der Waals surface area contributed by atoms with Crippen molar-refractivity contribution < 1.29 is 0 Å². The SMILES string of the molecule is CCc1cc(CC)cc([Si]([C]2C=Cc3ccccc32)(c2cc(CC)cc(CC)c2)c2cc(CC)cc(CC)c2)c1. The Kier molecular flexibility index (Phi) is 8.61. The van der Waals surface area contributed by atoms with Gasteiger partial charge in [-0.1, -0.05) is 133 Å². The van der Waals surface area contributed by atoms with E-state index in [0.29, 0.717) is 0 Å². The zero-order valence-corrected chi connectivity index (χ0v) is 26.4. The summed E-state index contributed by atoms with van der Waals surface area (Å²) in [6.45, 7) is 13.8. The number of rotatable bonds is 10. The van der Waals surface area contributed by atoms with Crippen molar-refractivity contribution in [3.05, 3.63) is 135 Å². The molecule has 0 saturated carbocycles. The van der Waals surface area contributed by atoms with E-state index >= 15 is 0 Å². The maximum atomic E-state index is 2.57. The van der Waals surface area contributed by atoms with Crippen LogP contribution in [0, 0.1) is 5.54 Å². The first-order valence-corrected chi connectivity index (χ1v) is 17.5. The van der Waals surface area contributed by atoms with Gasteiger partial charge in [0, 0.05) is 5.54 Å². The third-order valence-corrected chi connectivity index (χ3v) is 13.7. The van der Waals surface area contributed by atoms with Crippen molar-refractivity contribution >= 4 is 29.7 Å². The summed E-state index contributed by atoms with van der Waals surface area (Å²) in [5.41, 5.74) is 13.0. The summed E-state index contributed by atoms with van der Waals surface area (Å²) < 4.78 is 0. The van der Waals surface area contributed by atoms with Crippen LogP contribution in [0.1, 0.15) is 86.1 Å². The molecule has 4 aromatic rings. The highest BCUT2D eigenvalue weighted by Crippen LogP contribution is 2.37. The van der Waals surface area contributed by atoms with E-state index in [9.17, 15) is 0 Å². The summed E-state index contributed by atoms with van der Waals surface area (Å²) in [6.07, 6.45) is 11.2. The molecule has 0 saturated heterocycles. The molecule has 1 aliphatic rings. The van der Waals surface area contributed by atoms with Crippen LogP contribution in [0.3, 0.4) is 0 Å². The standard InChI is InChI=1S/C39H45Si/c1-7-28-19-29(8-2)23-35(22-28)40(36-24-30(9-3)20-31(10-4)25-36,37-26-32(11-5)21-33(12-6)27-37)39-18-17-34-15-13-14-16-38(34)39/h13-27H,7-12H2,1-6H3. The minimum atomic E-state index is -2.70. The smallest absolute Gasteiger partial charge is 0.0741 e. The molecule has 0 spiro atoms. The van der Waals surface area contributed by atoms with Gasteiger partial charge in [0.25, 0.3) is 0 Å². The first kappa shape index (κ1) is 28.4. The van der Waals surface area contributed by atoms with Gasteiger partial charge in [-0.05, 0) is 98.6 Å². The Bertz CT molecular complexity index is 1320. The molecular weight excluding hydrogens is 497 g/mol.